The van der Waals surface area contributed by atoms with Crippen LogP contribution in [0.15, 0.2) is 66.7 Å². The molecular formula is C20H18O4. The first kappa shape index (κ1) is 15.9. The molecule has 0 bridgehead atoms. The molecule has 0 aliphatic carbocycles. The minimum atomic E-state index is -0.719. The van der Waals surface area contributed by atoms with E-state index in [1.54, 1.807) is 7.11 Å². The number of carbonyl (C=O) groups is 1. The zero-order chi connectivity index (χ0) is 16.9. The van der Waals surface area contributed by atoms with E-state index in [2.05, 4.69) is 4.74 Å². The van der Waals surface area contributed by atoms with Crippen LogP contribution in [0.2, 0.25) is 0 Å². The number of methoxy groups -OCH3 is 2. The molecule has 24 heavy (non-hydrogen) atoms. The molecule has 122 valence electrons. The summed E-state index contributed by atoms with van der Waals surface area (Å²) < 4.78 is 15.3. The van der Waals surface area contributed by atoms with Gasteiger partial charge in [0, 0.05) is 0 Å². The van der Waals surface area contributed by atoms with Gasteiger partial charge in [0.2, 0.25) is 0 Å². The van der Waals surface area contributed by atoms with Crippen molar-refractivity contribution in [2.24, 2.45) is 0 Å². The van der Waals surface area contributed by atoms with Gasteiger partial charge >= 0.3 is 6.16 Å². The summed E-state index contributed by atoms with van der Waals surface area (Å²) in [6.07, 6.45) is -1.27. The molecule has 0 N–H and O–H groups in total. The number of ether oxygens (including phenoxy) is 3. The molecule has 3 aromatic rings. The smallest absolute Gasteiger partial charge is 0.497 e. The number of carbonyl (C=O) groups excluding carboxylic acids is 1. The maximum atomic E-state index is 11.7. The molecule has 0 radical (unpaired) electrons. The molecule has 0 fully saturated rings. The van der Waals surface area contributed by atoms with E-state index in [0.717, 1.165) is 27.6 Å². The van der Waals surface area contributed by atoms with Crippen LogP contribution >= 0.6 is 0 Å². The van der Waals surface area contributed by atoms with E-state index in [1.807, 2.05) is 66.7 Å². The SMILES string of the molecule is COC(=O)O[C@@H](c1ccc(OC)cc1)c1ccc2ccccc2c1. The second-order valence-corrected chi connectivity index (χ2v) is 5.33. The number of hydrogen-bond donors (Lipinski definition) is 0. The standard InChI is InChI=1S/C20H18O4/c1-22-18-11-9-15(10-12-18)19(24-20(21)23-2)17-8-7-14-5-3-4-6-16(14)13-17/h3-13,19H,1-2H3/t19-/m0/s1. The van der Waals surface area contributed by atoms with E-state index < -0.39 is 12.3 Å². The summed E-state index contributed by atoms with van der Waals surface area (Å²) in [5.41, 5.74) is 1.72. The van der Waals surface area contributed by atoms with E-state index in [1.165, 1.54) is 7.11 Å². The van der Waals surface area contributed by atoms with E-state index in [9.17, 15) is 4.79 Å². The van der Waals surface area contributed by atoms with Gasteiger partial charge in [-0.2, -0.15) is 0 Å². The van der Waals surface area contributed by atoms with E-state index >= 15 is 0 Å². The van der Waals surface area contributed by atoms with Crippen molar-refractivity contribution in [1.82, 2.24) is 0 Å². The summed E-state index contributed by atoms with van der Waals surface area (Å²) >= 11 is 0. The fourth-order valence-corrected chi connectivity index (χ4v) is 2.62. The van der Waals surface area contributed by atoms with Gasteiger partial charge < -0.3 is 14.2 Å². The highest BCUT2D eigenvalue weighted by Crippen LogP contribution is 2.30. The molecule has 0 saturated heterocycles. The Morgan fingerprint density at radius 1 is 0.833 bits per heavy atom. The molecule has 0 amide bonds. The van der Waals surface area contributed by atoms with Crippen LogP contribution in [0, 0.1) is 0 Å². The van der Waals surface area contributed by atoms with Crippen LogP contribution in [0.1, 0.15) is 17.2 Å². The molecule has 0 spiro atoms. The lowest BCUT2D eigenvalue weighted by atomic mass is 9.98. The van der Waals surface area contributed by atoms with Crippen molar-refractivity contribution in [3.05, 3.63) is 77.9 Å². The Kier molecular flexibility index (Phi) is 4.66. The van der Waals surface area contributed by atoms with Crippen LogP contribution in [-0.2, 0) is 9.47 Å². The van der Waals surface area contributed by atoms with Gasteiger partial charge in [0.25, 0.3) is 0 Å². The number of hydrogen-bond acceptors (Lipinski definition) is 4. The van der Waals surface area contributed by atoms with E-state index in [4.69, 9.17) is 9.47 Å². The molecule has 0 heterocycles. The molecule has 1 atom stereocenters. The first-order valence-corrected chi connectivity index (χ1v) is 7.58. The molecule has 3 aromatic carbocycles. The van der Waals surface area contributed by atoms with Crippen molar-refractivity contribution < 1.29 is 19.0 Å². The van der Waals surface area contributed by atoms with Crippen molar-refractivity contribution in [3.63, 3.8) is 0 Å². The maximum absolute atomic E-state index is 11.7. The molecule has 0 aliphatic rings. The summed E-state index contributed by atoms with van der Waals surface area (Å²) in [7, 11) is 2.91. The first-order chi connectivity index (χ1) is 11.7. The van der Waals surface area contributed by atoms with E-state index in [0.29, 0.717) is 0 Å². The Morgan fingerprint density at radius 3 is 2.17 bits per heavy atom. The predicted octanol–water partition coefficient (Wildman–Crippen LogP) is 4.72. The Bertz CT molecular complexity index is 840. The highest BCUT2D eigenvalue weighted by atomic mass is 16.7. The Labute approximate surface area is 140 Å². The number of benzene rings is 3. The van der Waals surface area contributed by atoms with E-state index in [-0.39, 0.29) is 0 Å². The van der Waals surface area contributed by atoms with Crippen LogP contribution in [0.3, 0.4) is 0 Å². The van der Waals surface area contributed by atoms with Crippen molar-refractivity contribution in [2.75, 3.05) is 14.2 Å². The molecular weight excluding hydrogens is 304 g/mol. The second-order valence-electron chi connectivity index (χ2n) is 5.33. The van der Waals surface area contributed by atoms with Crippen molar-refractivity contribution in [1.29, 1.82) is 0 Å². The fourth-order valence-electron chi connectivity index (χ4n) is 2.62. The summed E-state index contributed by atoms with van der Waals surface area (Å²) in [5, 5.41) is 2.22. The third kappa shape index (κ3) is 3.33. The summed E-state index contributed by atoms with van der Waals surface area (Å²) in [4.78, 5) is 11.7. The van der Waals surface area contributed by atoms with Gasteiger partial charge in [-0.15, -0.1) is 0 Å². The summed E-state index contributed by atoms with van der Waals surface area (Å²) in [5.74, 6) is 0.745. The minimum absolute atomic E-state index is 0.548. The van der Waals surface area contributed by atoms with Crippen molar-refractivity contribution >= 4 is 16.9 Å². The topological polar surface area (TPSA) is 44.8 Å². The highest BCUT2D eigenvalue weighted by molar-refractivity contribution is 5.83. The Balaban J connectivity index is 2.02. The van der Waals surface area contributed by atoms with Crippen molar-refractivity contribution in [3.8, 4) is 5.75 Å². The lowest BCUT2D eigenvalue weighted by Gasteiger charge is -2.19. The zero-order valence-electron chi connectivity index (χ0n) is 13.6. The van der Waals surface area contributed by atoms with Gasteiger partial charge in [0.15, 0.2) is 6.10 Å². The van der Waals surface area contributed by atoms with Gasteiger partial charge in [-0.25, -0.2) is 4.79 Å². The molecule has 4 heteroatoms. The average Bonchev–Trinajstić information content (AvgIpc) is 2.65. The molecule has 0 saturated carbocycles. The van der Waals surface area contributed by atoms with Gasteiger partial charge in [0.05, 0.1) is 14.2 Å². The quantitative estimate of drug-likeness (QED) is 0.652. The van der Waals surface area contributed by atoms with Crippen LogP contribution in [0.4, 0.5) is 4.79 Å². The Morgan fingerprint density at radius 2 is 1.50 bits per heavy atom. The lowest BCUT2D eigenvalue weighted by molar-refractivity contribution is 0.0498. The highest BCUT2D eigenvalue weighted by Gasteiger charge is 2.20. The molecule has 4 nitrogen and oxygen atoms in total. The second kappa shape index (κ2) is 7.04. The number of fused-ring (bicyclic) bond motifs is 1. The van der Waals surface area contributed by atoms with Crippen LogP contribution in [-0.4, -0.2) is 20.4 Å². The number of rotatable bonds is 4. The molecule has 0 unspecified atom stereocenters. The van der Waals surface area contributed by atoms with Crippen LogP contribution < -0.4 is 4.74 Å². The molecule has 3 rings (SSSR count). The van der Waals surface area contributed by atoms with Gasteiger partial charge in [-0.1, -0.05) is 48.5 Å². The Hall–Kier alpha value is -3.01. The summed E-state index contributed by atoms with van der Waals surface area (Å²) in [6.45, 7) is 0. The first-order valence-electron chi connectivity index (χ1n) is 7.58. The average molecular weight is 322 g/mol. The predicted molar refractivity (Wildman–Crippen MR) is 92.3 cm³/mol. The third-order valence-corrected chi connectivity index (χ3v) is 3.88. The largest absolute Gasteiger partial charge is 0.508 e. The third-order valence-electron chi connectivity index (χ3n) is 3.88. The zero-order valence-corrected chi connectivity index (χ0v) is 13.6. The van der Waals surface area contributed by atoms with Crippen LogP contribution in [0.25, 0.3) is 10.8 Å². The maximum Gasteiger partial charge on any atom is 0.508 e. The fraction of sp³-hybridized carbons (Fsp3) is 0.150. The normalized spacial score (nSPS) is 11.8. The van der Waals surface area contributed by atoms with Gasteiger partial charge in [0.1, 0.15) is 5.75 Å². The minimum Gasteiger partial charge on any atom is -0.497 e. The molecule has 0 aliphatic heterocycles. The van der Waals surface area contributed by atoms with Gasteiger partial charge in [-0.3, -0.25) is 0 Å². The van der Waals surface area contributed by atoms with Gasteiger partial charge in [-0.05, 0) is 40.1 Å². The van der Waals surface area contributed by atoms with Crippen LogP contribution in [0.5, 0.6) is 5.75 Å². The molecule has 0 aromatic heterocycles. The lowest BCUT2D eigenvalue weighted by Crippen LogP contribution is -2.12. The summed E-state index contributed by atoms with van der Waals surface area (Å²) in [6, 6.07) is 21.5. The monoisotopic (exact) mass is 322 g/mol. The van der Waals surface area contributed by atoms with Crippen molar-refractivity contribution in [2.45, 2.75) is 6.10 Å².